The Morgan fingerprint density at radius 2 is 1.58 bits per heavy atom. The monoisotopic (exact) mass is 449 g/mol. The summed E-state index contributed by atoms with van der Waals surface area (Å²) in [4.78, 5) is 10.2. The molecule has 1 aromatic heterocycles. The summed E-state index contributed by atoms with van der Waals surface area (Å²) in [5, 5.41) is 0. The zero-order valence-corrected chi connectivity index (χ0v) is 20.2. The summed E-state index contributed by atoms with van der Waals surface area (Å²) >= 11 is 0. The first-order valence-electron chi connectivity index (χ1n) is 12.4. The molecule has 0 bridgehead atoms. The lowest BCUT2D eigenvalue weighted by molar-refractivity contribution is 0.502. The van der Waals surface area contributed by atoms with Crippen molar-refractivity contribution in [3.05, 3.63) is 52.3 Å². The molecule has 2 aliphatic rings. The second kappa shape index (κ2) is 8.98. The molecule has 2 aliphatic heterocycles. The van der Waals surface area contributed by atoms with Gasteiger partial charge in [0.05, 0.1) is 17.7 Å². The van der Waals surface area contributed by atoms with Crippen LogP contribution in [0.15, 0.2) is 24.3 Å². The van der Waals surface area contributed by atoms with Crippen molar-refractivity contribution in [2.24, 2.45) is 5.73 Å². The number of aryl methyl sites for hydroxylation is 3. The molecule has 0 amide bonds. The van der Waals surface area contributed by atoms with Crippen LogP contribution in [0.25, 0.3) is 11.0 Å². The maximum Gasteiger partial charge on any atom is 0.206 e. The highest BCUT2D eigenvalue weighted by molar-refractivity contribution is 5.92. The van der Waals surface area contributed by atoms with Crippen molar-refractivity contribution < 1.29 is 4.39 Å². The number of benzene rings is 2. The van der Waals surface area contributed by atoms with Crippen LogP contribution < -0.4 is 15.5 Å². The van der Waals surface area contributed by atoms with E-state index < -0.39 is 0 Å². The highest BCUT2D eigenvalue weighted by Crippen LogP contribution is 2.35. The van der Waals surface area contributed by atoms with Crippen molar-refractivity contribution in [1.82, 2.24) is 9.55 Å². The number of nitrogens with zero attached hydrogens (tertiary/aromatic N) is 4. The van der Waals surface area contributed by atoms with Crippen molar-refractivity contribution in [1.29, 1.82) is 0 Å². The van der Waals surface area contributed by atoms with Gasteiger partial charge in [-0.05, 0) is 87.3 Å². The van der Waals surface area contributed by atoms with Crippen LogP contribution in [-0.4, -0.2) is 41.8 Å². The van der Waals surface area contributed by atoms with Gasteiger partial charge in [0.25, 0.3) is 0 Å². The summed E-state index contributed by atoms with van der Waals surface area (Å²) in [6, 6.07) is 8.81. The smallest absolute Gasteiger partial charge is 0.206 e. The van der Waals surface area contributed by atoms with Gasteiger partial charge in [-0.2, -0.15) is 0 Å². The minimum Gasteiger partial charge on any atom is -0.370 e. The first kappa shape index (κ1) is 22.2. The molecule has 0 atom stereocenters. The van der Waals surface area contributed by atoms with Crippen molar-refractivity contribution in [2.75, 3.05) is 36.0 Å². The van der Waals surface area contributed by atoms with Crippen LogP contribution in [0.4, 0.5) is 16.0 Å². The topological polar surface area (TPSA) is 50.3 Å². The van der Waals surface area contributed by atoms with Gasteiger partial charge in [0.1, 0.15) is 11.3 Å². The summed E-state index contributed by atoms with van der Waals surface area (Å²) < 4.78 is 16.7. The van der Waals surface area contributed by atoms with E-state index >= 15 is 0 Å². The minimum absolute atomic E-state index is 0.105. The van der Waals surface area contributed by atoms with Gasteiger partial charge in [-0.15, -0.1) is 0 Å². The molecule has 0 unspecified atom stereocenters. The van der Waals surface area contributed by atoms with Gasteiger partial charge in [-0.1, -0.05) is 12.1 Å². The molecule has 2 fully saturated rings. The van der Waals surface area contributed by atoms with Gasteiger partial charge in [-0.3, -0.25) is 0 Å². The molecule has 5 nitrogen and oxygen atoms in total. The fourth-order valence-corrected chi connectivity index (χ4v) is 5.51. The molecule has 2 N–H and O–H groups in total. The predicted molar refractivity (Wildman–Crippen MR) is 135 cm³/mol. The van der Waals surface area contributed by atoms with Gasteiger partial charge in [0.2, 0.25) is 5.95 Å². The Hall–Kier alpha value is -2.60. The number of nitrogens with two attached hydrogens (primary N) is 1. The highest BCUT2D eigenvalue weighted by atomic mass is 19.1. The third-order valence-corrected chi connectivity index (χ3v) is 7.31. The molecular formula is C27H36FN5. The number of fused-ring (bicyclic) bond motifs is 1. The largest absolute Gasteiger partial charge is 0.370 e. The molecule has 3 aromatic rings. The van der Waals surface area contributed by atoms with Crippen LogP contribution in [0.5, 0.6) is 0 Å². The van der Waals surface area contributed by atoms with Crippen molar-refractivity contribution in [3.8, 4) is 0 Å². The fraction of sp³-hybridized carbons (Fsp3) is 0.519. The van der Waals surface area contributed by atoms with Crippen molar-refractivity contribution in [2.45, 2.75) is 65.5 Å². The third kappa shape index (κ3) is 4.33. The number of halogens is 1. The number of imidazole rings is 1. The second-order valence-corrected chi connectivity index (χ2v) is 10.1. The molecule has 6 heteroatoms. The average molecular weight is 450 g/mol. The first-order valence-corrected chi connectivity index (χ1v) is 12.4. The van der Waals surface area contributed by atoms with E-state index in [-0.39, 0.29) is 5.82 Å². The number of hydrogen-bond acceptors (Lipinski definition) is 4. The van der Waals surface area contributed by atoms with E-state index in [0.717, 1.165) is 56.0 Å². The lowest BCUT2D eigenvalue weighted by atomic mass is 10.0. The number of piperidine rings is 2. The quantitative estimate of drug-likeness (QED) is 0.604. The number of hydrogen-bond donors (Lipinski definition) is 1. The normalized spacial score (nSPS) is 17.8. The molecule has 0 aliphatic carbocycles. The predicted octanol–water partition coefficient (Wildman–Crippen LogP) is 5.07. The third-order valence-electron chi connectivity index (χ3n) is 7.31. The van der Waals surface area contributed by atoms with Crippen LogP contribution in [0.2, 0.25) is 0 Å². The number of anilines is 2. The van der Waals surface area contributed by atoms with E-state index in [0.29, 0.717) is 23.7 Å². The van der Waals surface area contributed by atoms with Gasteiger partial charge >= 0.3 is 0 Å². The maximum atomic E-state index is 14.3. The van der Waals surface area contributed by atoms with Gasteiger partial charge in [0.15, 0.2) is 0 Å². The lowest BCUT2D eigenvalue weighted by Crippen LogP contribution is -2.39. The van der Waals surface area contributed by atoms with E-state index in [1.54, 1.807) is 0 Å². The Bertz CT molecular complexity index is 1130. The van der Waals surface area contributed by atoms with E-state index in [1.165, 1.54) is 36.0 Å². The zero-order chi connectivity index (χ0) is 23.1. The molecule has 2 saturated heterocycles. The average Bonchev–Trinajstić information content (AvgIpc) is 3.16. The molecule has 5 rings (SSSR count). The molecule has 2 aromatic carbocycles. The van der Waals surface area contributed by atoms with E-state index in [9.17, 15) is 4.39 Å². The molecule has 3 heterocycles. The molecular weight excluding hydrogens is 413 g/mol. The summed E-state index contributed by atoms with van der Waals surface area (Å²) in [6.07, 6.45) is 5.72. The molecule has 0 saturated carbocycles. The Morgan fingerprint density at radius 1 is 0.909 bits per heavy atom. The second-order valence-electron chi connectivity index (χ2n) is 10.1. The van der Waals surface area contributed by atoms with Gasteiger partial charge < -0.3 is 20.1 Å². The Morgan fingerprint density at radius 3 is 2.24 bits per heavy atom. The molecule has 0 radical (unpaired) electrons. The van der Waals surface area contributed by atoms with E-state index in [2.05, 4.69) is 33.4 Å². The Kier molecular flexibility index (Phi) is 6.04. The van der Waals surface area contributed by atoms with Gasteiger partial charge in [0, 0.05) is 32.2 Å². The van der Waals surface area contributed by atoms with Crippen LogP contribution in [0.1, 0.15) is 54.4 Å². The van der Waals surface area contributed by atoms with Gasteiger partial charge in [-0.25, -0.2) is 9.37 Å². The van der Waals surface area contributed by atoms with Crippen molar-refractivity contribution >= 4 is 22.7 Å². The summed E-state index contributed by atoms with van der Waals surface area (Å²) in [5.74, 6) is 0.942. The van der Waals surface area contributed by atoms with Crippen LogP contribution in [0.3, 0.4) is 0 Å². The fourth-order valence-electron chi connectivity index (χ4n) is 5.51. The summed E-state index contributed by atoms with van der Waals surface area (Å²) in [6.45, 7) is 10.6. The highest BCUT2D eigenvalue weighted by Gasteiger charge is 2.25. The molecule has 176 valence electrons. The standard InChI is InChI=1S/C27H36FN5/c1-18-13-23(31-11-7-22(29)8-12-31)26-24(14-18)33(27(30-26)32-9-5-4-6-10-32)17-21-15-19(2)25(28)20(3)16-21/h13-16,22H,4-12,17,29H2,1-3H3. The molecule has 0 spiro atoms. The van der Waals surface area contributed by atoms with Crippen molar-refractivity contribution in [3.63, 3.8) is 0 Å². The first-order chi connectivity index (χ1) is 15.9. The zero-order valence-electron chi connectivity index (χ0n) is 20.2. The lowest BCUT2D eigenvalue weighted by Gasteiger charge is -2.32. The Balaban J connectivity index is 1.64. The van der Waals surface area contributed by atoms with Crippen LogP contribution >= 0.6 is 0 Å². The summed E-state index contributed by atoms with van der Waals surface area (Å²) in [7, 11) is 0. The van der Waals surface area contributed by atoms with Crippen LogP contribution in [-0.2, 0) is 6.54 Å². The van der Waals surface area contributed by atoms with E-state index in [4.69, 9.17) is 10.7 Å². The minimum atomic E-state index is -0.105. The maximum absolute atomic E-state index is 14.3. The SMILES string of the molecule is Cc1cc(N2CCC(N)CC2)c2nc(N3CCCCC3)n(Cc3cc(C)c(F)c(C)c3)c2c1. The summed E-state index contributed by atoms with van der Waals surface area (Å²) in [5.41, 5.74) is 13.4. The Labute approximate surface area is 196 Å². The molecule has 33 heavy (non-hydrogen) atoms. The number of rotatable bonds is 4. The van der Waals surface area contributed by atoms with Crippen LogP contribution in [0, 0.1) is 26.6 Å². The number of aromatic nitrogens is 2. The van der Waals surface area contributed by atoms with E-state index in [1.807, 2.05) is 26.0 Å².